The Morgan fingerprint density at radius 2 is 2.12 bits per heavy atom. The van der Waals surface area contributed by atoms with Gasteiger partial charge in [0.05, 0.1) is 5.56 Å². The van der Waals surface area contributed by atoms with E-state index in [0.29, 0.717) is 11.5 Å². The first-order chi connectivity index (χ1) is 7.09. The second-order valence-corrected chi connectivity index (χ2v) is 4.01. The maximum absolute atomic E-state index is 13.4. The van der Waals surface area contributed by atoms with Crippen LogP contribution < -0.4 is 11.1 Å². The molecule has 2 rings (SSSR count). The molecule has 0 radical (unpaired) electrons. The molecule has 1 atom stereocenters. The first-order valence-electron chi connectivity index (χ1n) is 4.98. The van der Waals surface area contributed by atoms with Gasteiger partial charge >= 0.3 is 0 Å². The Balaban J connectivity index is 0.00000128. The highest BCUT2D eigenvalue weighted by Crippen LogP contribution is 2.25. The topological polar surface area (TPSA) is 50.4 Å². The zero-order valence-electron chi connectivity index (χ0n) is 9.20. The molecule has 88 valence electrons. The summed E-state index contributed by atoms with van der Waals surface area (Å²) in [6, 6.07) is 4.87. The number of aliphatic imine (C=N–C) groups is 1. The standard InChI is InChI=1S/C11H14FN3.ClH/c1-6(2)11-14-8-5-3-4-7(12)9(8)10(13)15-11;/h3-6,11,14H,1-2H3,(H2,13,15);1H. The largest absolute Gasteiger partial charge is 0.383 e. The van der Waals surface area contributed by atoms with Crippen molar-refractivity contribution in [1.29, 1.82) is 0 Å². The van der Waals surface area contributed by atoms with Crippen LogP contribution in [0.15, 0.2) is 23.2 Å². The Morgan fingerprint density at radius 3 is 2.75 bits per heavy atom. The number of nitrogens with two attached hydrogens (primary N) is 1. The van der Waals surface area contributed by atoms with Gasteiger partial charge in [-0.05, 0) is 18.1 Å². The molecular weight excluding hydrogens is 229 g/mol. The molecule has 1 unspecified atom stereocenters. The number of amidine groups is 1. The minimum absolute atomic E-state index is 0. The van der Waals surface area contributed by atoms with Crippen molar-refractivity contribution in [2.24, 2.45) is 16.6 Å². The van der Waals surface area contributed by atoms with Crippen molar-refractivity contribution < 1.29 is 4.39 Å². The molecule has 0 aliphatic carbocycles. The molecule has 5 heteroatoms. The van der Waals surface area contributed by atoms with Crippen LogP contribution in [0.2, 0.25) is 0 Å². The van der Waals surface area contributed by atoms with E-state index in [1.807, 2.05) is 19.9 Å². The smallest absolute Gasteiger partial charge is 0.136 e. The minimum Gasteiger partial charge on any atom is -0.383 e. The fraction of sp³-hybridized carbons (Fsp3) is 0.364. The third-order valence-electron chi connectivity index (χ3n) is 2.48. The summed E-state index contributed by atoms with van der Waals surface area (Å²) in [6.07, 6.45) is -0.0701. The zero-order chi connectivity index (χ0) is 11.0. The van der Waals surface area contributed by atoms with Crippen LogP contribution >= 0.6 is 12.4 Å². The molecule has 1 heterocycles. The first-order valence-corrected chi connectivity index (χ1v) is 4.98. The first kappa shape index (κ1) is 12.8. The molecule has 0 fully saturated rings. The van der Waals surface area contributed by atoms with Crippen molar-refractivity contribution in [3.05, 3.63) is 29.6 Å². The highest BCUT2D eigenvalue weighted by Gasteiger charge is 2.22. The lowest BCUT2D eigenvalue weighted by Crippen LogP contribution is -2.33. The summed E-state index contributed by atoms with van der Waals surface area (Å²) in [7, 11) is 0. The van der Waals surface area contributed by atoms with Crippen molar-refractivity contribution in [2.75, 3.05) is 5.32 Å². The van der Waals surface area contributed by atoms with Gasteiger partial charge in [0.15, 0.2) is 0 Å². The van der Waals surface area contributed by atoms with Crippen LogP contribution in [0.25, 0.3) is 0 Å². The number of benzene rings is 1. The minimum atomic E-state index is -0.330. The highest BCUT2D eigenvalue weighted by atomic mass is 35.5. The fourth-order valence-corrected chi connectivity index (χ4v) is 1.63. The average Bonchev–Trinajstić information content (AvgIpc) is 2.17. The Bertz CT molecular complexity index is 418. The van der Waals surface area contributed by atoms with Crippen LogP contribution in [0.5, 0.6) is 0 Å². The third-order valence-corrected chi connectivity index (χ3v) is 2.48. The predicted molar refractivity (Wildman–Crippen MR) is 66.6 cm³/mol. The Hall–Kier alpha value is -1.29. The van der Waals surface area contributed by atoms with Crippen LogP contribution in [0.4, 0.5) is 10.1 Å². The van der Waals surface area contributed by atoms with E-state index in [0.717, 1.165) is 5.69 Å². The summed E-state index contributed by atoms with van der Waals surface area (Å²) in [5.74, 6) is 0.268. The van der Waals surface area contributed by atoms with Crippen LogP contribution in [-0.2, 0) is 0 Å². The van der Waals surface area contributed by atoms with Crippen molar-refractivity contribution in [3.8, 4) is 0 Å². The molecule has 1 aromatic rings. The normalized spacial score (nSPS) is 18.2. The number of anilines is 1. The lowest BCUT2D eigenvalue weighted by Gasteiger charge is -2.26. The lowest BCUT2D eigenvalue weighted by molar-refractivity contribution is 0.536. The molecule has 0 saturated carbocycles. The summed E-state index contributed by atoms with van der Waals surface area (Å²) < 4.78 is 13.4. The molecule has 1 aliphatic heterocycles. The van der Waals surface area contributed by atoms with Crippen LogP contribution in [0.1, 0.15) is 19.4 Å². The summed E-state index contributed by atoms with van der Waals surface area (Å²) in [5.41, 5.74) is 6.85. The van der Waals surface area contributed by atoms with Gasteiger partial charge in [0.2, 0.25) is 0 Å². The molecular formula is C11H15ClFN3. The average molecular weight is 244 g/mol. The van der Waals surface area contributed by atoms with E-state index in [4.69, 9.17) is 5.73 Å². The van der Waals surface area contributed by atoms with Gasteiger partial charge in [-0.3, -0.25) is 0 Å². The molecule has 0 saturated heterocycles. The molecule has 0 aromatic heterocycles. The molecule has 1 aliphatic rings. The molecule has 0 bridgehead atoms. The maximum Gasteiger partial charge on any atom is 0.136 e. The van der Waals surface area contributed by atoms with Crippen molar-refractivity contribution in [2.45, 2.75) is 20.0 Å². The second-order valence-electron chi connectivity index (χ2n) is 4.01. The van der Waals surface area contributed by atoms with Gasteiger partial charge in [0.25, 0.3) is 0 Å². The number of hydrogen-bond donors (Lipinski definition) is 2. The molecule has 0 amide bonds. The van der Waals surface area contributed by atoms with Gasteiger partial charge in [-0.15, -0.1) is 12.4 Å². The SMILES string of the molecule is CC(C)C1N=C(N)c2c(F)cccc2N1.Cl. The van der Waals surface area contributed by atoms with Gasteiger partial charge in [0.1, 0.15) is 17.8 Å². The van der Waals surface area contributed by atoms with Crippen molar-refractivity contribution in [3.63, 3.8) is 0 Å². The van der Waals surface area contributed by atoms with Gasteiger partial charge in [-0.25, -0.2) is 9.38 Å². The number of fused-ring (bicyclic) bond motifs is 1. The second kappa shape index (κ2) is 4.70. The van der Waals surface area contributed by atoms with Crippen LogP contribution in [-0.4, -0.2) is 12.0 Å². The summed E-state index contributed by atoms with van der Waals surface area (Å²) in [5, 5.41) is 3.16. The van der Waals surface area contributed by atoms with E-state index >= 15 is 0 Å². The van der Waals surface area contributed by atoms with E-state index in [2.05, 4.69) is 10.3 Å². The number of nitrogens with one attached hydrogen (secondary N) is 1. The molecule has 0 spiro atoms. The molecule has 16 heavy (non-hydrogen) atoms. The summed E-state index contributed by atoms with van der Waals surface area (Å²) >= 11 is 0. The number of rotatable bonds is 1. The highest BCUT2D eigenvalue weighted by molar-refractivity contribution is 6.04. The van der Waals surface area contributed by atoms with Gasteiger partial charge in [-0.1, -0.05) is 19.9 Å². The number of halogens is 2. The monoisotopic (exact) mass is 243 g/mol. The quantitative estimate of drug-likeness (QED) is 0.796. The fourth-order valence-electron chi connectivity index (χ4n) is 1.63. The Morgan fingerprint density at radius 1 is 1.44 bits per heavy atom. The van der Waals surface area contributed by atoms with Crippen molar-refractivity contribution >= 4 is 23.9 Å². The third kappa shape index (κ3) is 2.11. The van der Waals surface area contributed by atoms with Crippen molar-refractivity contribution in [1.82, 2.24) is 0 Å². The Kier molecular flexibility index (Phi) is 3.75. The van der Waals surface area contributed by atoms with Crippen LogP contribution in [0.3, 0.4) is 0 Å². The Labute approximate surface area is 100 Å². The predicted octanol–water partition coefficient (Wildman–Crippen LogP) is 2.36. The van der Waals surface area contributed by atoms with E-state index in [1.165, 1.54) is 6.07 Å². The van der Waals surface area contributed by atoms with E-state index < -0.39 is 0 Å². The molecule has 3 nitrogen and oxygen atoms in total. The van der Waals surface area contributed by atoms with Crippen LogP contribution in [0, 0.1) is 11.7 Å². The lowest BCUT2D eigenvalue weighted by atomic mass is 10.1. The summed E-state index contributed by atoms with van der Waals surface area (Å²) in [4.78, 5) is 4.23. The van der Waals surface area contributed by atoms with E-state index in [9.17, 15) is 4.39 Å². The van der Waals surface area contributed by atoms with E-state index in [-0.39, 0.29) is 30.2 Å². The summed E-state index contributed by atoms with van der Waals surface area (Å²) in [6.45, 7) is 4.08. The molecule has 1 aromatic carbocycles. The maximum atomic E-state index is 13.4. The van der Waals surface area contributed by atoms with Gasteiger partial charge in [0, 0.05) is 5.69 Å². The molecule has 3 N–H and O–H groups in total. The van der Waals surface area contributed by atoms with Gasteiger partial charge < -0.3 is 11.1 Å². The van der Waals surface area contributed by atoms with Gasteiger partial charge in [-0.2, -0.15) is 0 Å². The number of hydrogen-bond acceptors (Lipinski definition) is 3. The number of nitrogens with zero attached hydrogens (tertiary/aromatic N) is 1. The van der Waals surface area contributed by atoms with E-state index in [1.54, 1.807) is 6.07 Å². The zero-order valence-corrected chi connectivity index (χ0v) is 10.0.